The first-order valence-corrected chi connectivity index (χ1v) is 1.64. The van der Waals surface area contributed by atoms with Crippen molar-refractivity contribution in [2.75, 3.05) is 0 Å². The quantitative estimate of drug-likeness (QED) is 0.369. The van der Waals surface area contributed by atoms with Gasteiger partial charge in [0.25, 0.3) is 8.25 Å². The summed E-state index contributed by atoms with van der Waals surface area (Å²) in [5, 5.41) is 0. The van der Waals surface area contributed by atoms with Crippen molar-refractivity contribution >= 4 is 8.25 Å². The molecule has 5 heteroatoms. The summed E-state index contributed by atoms with van der Waals surface area (Å²) in [6.45, 7) is 0. The van der Waals surface area contributed by atoms with Gasteiger partial charge >= 0.3 is 18.6 Å². The molecule has 0 unspecified atom stereocenters. The third-order valence-corrected chi connectivity index (χ3v) is 0. The standard InChI is InChI=1S/HO3P.V/c1-4(2)3;/h(H,1,2,3);/q;+2/p-1. The molecule has 0 rings (SSSR count). The van der Waals surface area contributed by atoms with Gasteiger partial charge in [0.05, 0.1) is 0 Å². The van der Waals surface area contributed by atoms with E-state index in [0.717, 1.165) is 0 Å². The van der Waals surface area contributed by atoms with Gasteiger partial charge in [-0.15, -0.1) is 0 Å². The summed E-state index contributed by atoms with van der Waals surface area (Å²) >= 11 is 0. The second-order valence-corrected chi connectivity index (χ2v) is 0.671. The van der Waals surface area contributed by atoms with Crippen LogP contribution in [0.5, 0.6) is 0 Å². The van der Waals surface area contributed by atoms with E-state index in [2.05, 4.69) is 0 Å². The smallest absolute Gasteiger partial charge is 0.598 e. The van der Waals surface area contributed by atoms with Crippen LogP contribution in [0.4, 0.5) is 0 Å². The predicted octanol–water partition coefficient (Wildman–Crippen LogP) is -1.64. The van der Waals surface area contributed by atoms with E-state index in [0.29, 0.717) is 0 Å². The zero-order chi connectivity index (χ0) is 3.58. The van der Waals surface area contributed by atoms with Crippen molar-refractivity contribution in [3.63, 3.8) is 0 Å². The Labute approximate surface area is 41.8 Å². The van der Waals surface area contributed by atoms with Crippen molar-refractivity contribution in [2.24, 2.45) is 0 Å². The Hall–Kier alpha value is 0.604. The molecule has 0 aliphatic carbocycles. The molecule has 0 saturated heterocycles. The summed E-state index contributed by atoms with van der Waals surface area (Å²) in [5.41, 5.74) is 0. The molecule has 0 bridgehead atoms. The molecule has 0 atom stereocenters. The second kappa shape index (κ2) is 4.60. The summed E-state index contributed by atoms with van der Waals surface area (Å²) in [7, 11) is -3.37. The van der Waals surface area contributed by atoms with E-state index >= 15 is 0 Å². The third-order valence-electron chi connectivity index (χ3n) is 0. The third kappa shape index (κ3) is 85.5. The Morgan fingerprint density at radius 2 is 1.40 bits per heavy atom. The van der Waals surface area contributed by atoms with Gasteiger partial charge in [-0.1, -0.05) is 4.57 Å². The van der Waals surface area contributed by atoms with Crippen LogP contribution in [-0.2, 0) is 23.1 Å². The van der Waals surface area contributed by atoms with Crippen molar-refractivity contribution in [1.82, 2.24) is 0 Å². The molecule has 0 saturated carbocycles. The largest absolute Gasteiger partial charge is 2.00 e. The van der Waals surface area contributed by atoms with E-state index in [4.69, 9.17) is 14.4 Å². The van der Waals surface area contributed by atoms with E-state index in [1.165, 1.54) is 0 Å². The Kier molecular flexibility index (Phi) is 8.42. The van der Waals surface area contributed by atoms with Crippen molar-refractivity contribution < 1.29 is 32.9 Å². The van der Waals surface area contributed by atoms with Gasteiger partial charge < -0.3 is 9.79 Å². The molecule has 3 nitrogen and oxygen atoms in total. The number of hydrogen-bond donors (Lipinski definition) is 0. The topological polar surface area (TPSA) is 63.2 Å². The Bertz CT molecular complexity index is 29.9. The molecule has 0 fully saturated rings. The molecule has 5 heavy (non-hydrogen) atoms. The first-order chi connectivity index (χ1) is 1.73. The number of rotatable bonds is 0. The summed E-state index contributed by atoms with van der Waals surface area (Å²) in [6.07, 6.45) is 0. The van der Waals surface area contributed by atoms with Crippen LogP contribution in [0.25, 0.3) is 0 Å². The molecule has 27 valence electrons. The van der Waals surface area contributed by atoms with Gasteiger partial charge in [-0.2, -0.15) is 0 Å². The van der Waals surface area contributed by atoms with E-state index in [9.17, 15) is 0 Å². The molecule has 0 spiro atoms. The van der Waals surface area contributed by atoms with Gasteiger partial charge in [0.2, 0.25) is 0 Å². The molecule has 0 amide bonds. The van der Waals surface area contributed by atoms with Gasteiger partial charge in [-0.3, -0.25) is 0 Å². The minimum absolute atomic E-state index is 0. The molecule has 0 aliphatic rings. The molecular formula is O3PV+. The van der Waals surface area contributed by atoms with Crippen LogP contribution in [0.3, 0.4) is 0 Å². The Morgan fingerprint density at radius 3 is 1.40 bits per heavy atom. The fraction of sp³-hybridized carbons (Fsp3) is 0. The van der Waals surface area contributed by atoms with Crippen LogP contribution in [-0.4, -0.2) is 0 Å². The summed E-state index contributed by atoms with van der Waals surface area (Å²) < 4.78 is 8.48. The van der Waals surface area contributed by atoms with Gasteiger partial charge in [0, 0.05) is 0 Å². The summed E-state index contributed by atoms with van der Waals surface area (Å²) in [5.74, 6) is 0. The minimum atomic E-state index is -3.37. The Morgan fingerprint density at radius 1 is 1.40 bits per heavy atom. The molecule has 0 aromatic carbocycles. The maximum Gasteiger partial charge on any atom is 2.00 e. The Balaban J connectivity index is 0. The van der Waals surface area contributed by atoms with E-state index in [1.807, 2.05) is 0 Å². The van der Waals surface area contributed by atoms with Gasteiger partial charge in [-0.25, -0.2) is 0 Å². The van der Waals surface area contributed by atoms with E-state index in [1.54, 1.807) is 0 Å². The number of hydrogen-bond acceptors (Lipinski definition) is 3. The summed E-state index contributed by atoms with van der Waals surface area (Å²) in [6, 6.07) is 0. The van der Waals surface area contributed by atoms with Gasteiger partial charge in [0.1, 0.15) is 0 Å². The molecular weight excluding hydrogens is 130 g/mol. The van der Waals surface area contributed by atoms with Crippen LogP contribution < -0.4 is 9.79 Å². The van der Waals surface area contributed by atoms with Crippen LogP contribution in [0.1, 0.15) is 0 Å². The van der Waals surface area contributed by atoms with Crippen LogP contribution in [0.2, 0.25) is 0 Å². The molecule has 0 aromatic rings. The first kappa shape index (κ1) is 9.15. The first-order valence-electron chi connectivity index (χ1n) is 0.548. The van der Waals surface area contributed by atoms with Crippen molar-refractivity contribution in [3.05, 3.63) is 0 Å². The average molecular weight is 130 g/mol. The molecule has 0 aliphatic heterocycles. The fourth-order valence-corrected chi connectivity index (χ4v) is 0. The summed E-state index contributed by atoms with van der Waals surface area (Å²) in [4.78, 5) is 17.0. The zero-order valence-corrected chi connectivity index (χ0v) is 4.41. The molecule has 1 radical (unpaired) electrons. The SMILES string of the molecule is O=[P+]([O-])[O-].[V+2]. The second-order valence-electron chi connectivity index (χ2n) is 0.224. The molecule has 0 aromatic heterocycles. The van der Waals surface area contributed by atoms with Crippen molar-refractivity contribution in [2.45, 2.75) is 0 Å². The van der Waals surface area contributed by atoms with Crippen LogP contribution in [0, 0.1) is 0 Å². The molecule has 0 heterocycles. The normalized spacial score (nSPS) is 5.20. The van der Waals surface area contributed by atoms with Crippen molar-refractivity contribution in [3.8, 4) is 0 Å². The van der Waals surface area contributed by atoms with E-state index in [-0.39, 0.29) is 18.6 Å². The zero-order valence-electron chi connectivity index (χ0n) is 2.12. The minimum Gasteiger partial charge on any atom is -0.598 e. The van der Waals surface area contributed by atoms with Gasteiger partial charge in [0.15, 0.2) is 0 Å². The van der Waals surface area contributed by atoms with Crippen LogP contribution in [0.15, 0.2) is 0 Å². The fourth-order valence-electron chi connectivity index (χ4n) is 0. The predicted molar refractivity (Wildman–Crippen MR) is 7.61 cm³/mol. The maximum atomic E-state index is 8.48. The van der Waals surface area contributed by atoms with Crippen molar-refractivity contribution in [1.29, 1.82) is 0 Å². The van der Waals surface area contributed by atoms with Gasteiger partial charge in [-0.05, 0) is 0 Å². The van der Waals surface area contributed by atoms with Crippen LogP contribution >= 0.6 is 8.25 Å². The van der Waals surface area contributed by atoms with E-state index < -0.39 is 8.25 Å². The molecule has 0 N–H and O–H groups in total. The maximum absolute atomic E-state index is 8.48. The monoisotopic (exact) mass is 130 g/mol. The average Bonchev–Trinajstić information content (AvgIpc) is 0.811.